The van der Waals surface area contributed by atoms with E-state index in [1.807, 2.05) is 12.1 Å². The number of hydrogen-bond donors (Lipinski definition) is 1. The van der Waals surface area contributed by atoms with Crippen molar-refractivity contribution in [2.45, 2.75) is 32.8 Å². The molecule has 6 nitrogen and oxygen atoms in total. The first-order chi connectivity index (χ1) is 11.1. The lowest BCUT2D eigenvalue weighted by Gasteiger charge is -2.29. The van der Waals surface area contributed by atoms with E-state index in [9.17, 15) is 9.59 Å². The second kappa shape index (κ2) is 6.76. The van der Waals surface area contributed by atoms with Crippen molar-refractivity contribution in [2.75, 3.05) is 6.54 Å². The second-order valence-electron chi connectivity index (χ2n) is 6.40. The van der Waals surface area contributed by atoms with Gasteiger partial charge in [0.1, 0.15) is 12.1 Å². The van der Waals surface area contributed by atoms with Gasteiger partial charge in [-0.25, -0.2) is 0 Å². The van der Waals surface area contributed by atoms with Crippen LogP contribution in [-0.2, 0) is 14.3 Å². The molecule has 24 heavy (non-hydrogen) atoms. The Kier molecular flexibility index (Phi) is 5.13. The minimum absolute atomic E-state index is 0.130. The molecule has 0 fully saturated rings. The Morgan fingerprint density at radius 2 is 2.00 bits per heavy atom. The van der Waals surface area contributed by atoms with E-state index in [2.05, 4.69) is 27.6 Å². The van der Waals surface area contributed by atoms with Crippen LogP contribution in [0.1, 0.15) is 38.3 Å². The largest absolute Gasteiger partial charge is 0.481 e. The zero-order chi connectivity index (χ0) is 18.1. The quantitative estimate of drug-likeness (QED) is 0.792. The van der Waals surface area contributed by atoms with Gasteiger partial charge < -0.3 is 9.84 Å². The summed E-state index contributed by atoms with van der Waals surface area (Å²) in [4.78, 5) is 23.2. The first kappa shape index (κ1) is 18.2. The molecule has 0 amide bonds. The van der Waals surface area contributed by atoms with Crippen molar-refractivity contribution in [1.82, 2.24) is 5.01 Å². The molecule has 0 aliphatic carbocycles. The van der Waals surface area contributed by atoms with Gasteiger partial charge in [-0.1, -0.05) is 28.6 Å². The molecule has 0 atom stereocenters. The van der Waals surface area contributed by atoms with Gasteiger partial charge in [0.2, 0.25) is 0 Å². The van der Waals surface area contributed by atoms with Gasteiger partial charge in [0.15, 0.2) is 0 Å². The summed E-state index contributed by atoms with van der Waals surface area (Å²) in [6.07, 6.45) is -0.248. The van der Waals surface area contributed by atoms with Crippen molar-refractivity contribution in [3.05, 3.63) is 40.4 Å². The molecule has 0 spiro atoms. The molecular weight excluding hydrogens is 376 g/mol. The summed E-state index contributed by atoms with van der Waals surface area (Å²) >= 11 is 3.37. The summed E-state index contributed by atoms with van der Waals surface area (Å²) in [5, 5.41) is 14.8. The van der Waals surface area contributed by atoms with E-state index < -0.39 is 17.5 Å². The van der Waals surface area contributed by atoms with E-state index in [1.165, 1.54) is 5.01 Å². The van der Waals surface area contributed by atoms with Gasteiger partial charge in [0.05, 0.1) is 17.8 Å². The summed E-state index contributed by atoms with van der Waals surface area (Å²) < 4.78 is 6.11. The number of carboxylic acid groups (broad SMARTS) is 1. The lowest BCUT2D eigenvalue weighted by atomic mass is 9.97. The van der Waals surface area contributed by atoms with E-state index in [0.717, 1.165) is 10.0 Å². The molecule has 0 aromatic heterocycles. The van der Waals surface area contributed by atoms with Crippen LogP contribution in [-0.4, -0.2) is 39.9 Å². The maximum atomic E-state index is 12.1. The van der Waals surface area contributed by atoms with Crippen molar-refractivity contribution < 1.29 is 19.4 Å². The molecule has 128 valence electrons. The van der Waals surface area contributed by atoms with Gasteiger partial charge in [0.25, 0.3) is 0 Å². The standard InChI is InChI=1S/C17H19BrN2O4/c1-10-12-6-5-11(18)7-13(12)14(8-15(21)22)19-20(10)9-16(23)24-17(2,3)4/h5-7H,1,8-9H2,2-4H3,(H,21,22). The van der Waals surface area contributed by atoms with Crippen LogP contribution >= 0.6 is 15.9 Å². The number of ether oxygens (including phenoxy) is 1. The van der Waals surface area contributed by atoms with Crippen LogP contribution in [0.2, 0.25) is 0 Å². The SMILES string of the molecule is C=C1c2ccc(Br)cc2C(CC(=O)O)=NN1CC(=O)OC(C)(C)C. The minimum atomic E-state index is -0.996. The Morgan fingerprint density at radius 1 is 1.33 bits per heavy atom. The maximum Gasteiger partial charge on any atom is 0.328 e. The highest BCUT2D eigenvalue weighted by molar-refractivity contribution is 9.10. The third kappa shape index (κ3) is 4.44. The molecule has 1 heterocycles. The van der Waals surface area contributed by atoms with Crippen molar-refractivity contribution in [2.24, 2.45) is 5.10 Å². The van der Waals surface area contributed by atoms with Gasteiger partial charge in [-0.05, 0) is 32.9 Å². The molecular formula is C17H19BrN2O4. The van der Waals surface area contributed by atoms with Crippen LogP contribution in [0.25, 0.3) is 5.70 Å². The molecule has 2 rings (SSSR count). The number of hydrogen-bond acceptors (Lipinski definition) is 5. The Hall–Kier alpha value is -2.15. The molecule has 0 radical (unpaired) electrons. The number of hydrazone groups is 1. The van der Waals surface area contributed by atoms with Crippen molar-refractivity contribution in [3.63, 3.8) is 0 Å². The Bertz CT molecular complexity index is 735. The van der Waals surface area contributed by atoms with E-state index in [4.69, 9.17) is 9.84 Å². The van der Waals surface area contributed by atoms with Crippen molar-refractivity contribution in [1.29, 1.82) is 0 Å². The van der Waals surface area contributed by atoms with Crippen molar-refractivity contribution in [3.8, 4) is 0 Å². The Balaban J connectivity index is 2.34. The predicted molar refractivity (Wildman–Crippen MR) is 94.5 cm³/mol. The van der Waals surface area contributed by atoms with Gasteiger partial charge >= 0.3 is 11.9 Å². The first-order valence-corrected chi connectivity index (χ1v) is 8.14. The Morgan fingerprint density at radius 3 is 2.58 bits per heavy atom. The Labute approximate surface area is 148 Å². The van der Waals surface area contributed by atoms with E-state index >= 15 is 0 Å². The summed E-state index contributed by atoms with van der Waals surface area (Å²) in [6, 6.07) is 5.45. The minimum Gasteiger partial charge on any atom is -0.481 e. The fourth-order valence-electron chi connectivity index (χ4n) is 2.31. The highest BCUT2D eigenvalue weighted by Gasteiger charge is 2.27. The molecule has 0 saturated carbocycles. The number of rotatable bonds is 4. The van der Waals surface area contributed by atoms with Gasteiger partial charge in [-0.3, -0.25) is 14.6 Å². The smallest absolute Gasteiger partial charge is 0.328 e. The number of halogens is 1. The summed E-state index contributed by atoms with van der Waals surface area (Å²) in [7, 11) is 0. The zero-order valence-corrected chi connectivity index (χ0v) is 15.4. The first-order valence-electron chi connectivity index (χ1n) is 7.34. The average molecular weight is 395 g/mol. The molecule has 1 aromatic carbocycles. The summed E-state index contributed by atoms with van der Waals surface area (Å²) in [6.45, 7) is 9.19. The lowest BCUT2D eigenvalue weighted by molar-refractivity contribution is -0.155. The van der Waals surface area contributed by atoms with E-state index in [-0.39, 0.29) is 13.0 Å². The lowest BCUT2D eigenvalue weighted by Crippen LogP contribution is -2.34. The highest BCUT2D eigenvalue weighted by atomic mass is 79.9. The van der Waals surface area contributed by atoms with Crippen LogP contribution < -0.4 is 0 Å². The molecule has 7 heteroatoms. The third-order valence-electron chi connectivity index (χ3n) is 3.17. The van der Waals surface area contributed by atoms with Gasteiger partial charge in [-0.2, -0.15) is 5.10 Å². The molecule has 0 saturated heterocycles. The molecule has 0 bridgehead atoms. The third-order valence-corrected chi connectivity index (χ3v) is 3.67. The zero-order valence-electron chi connectivity index (χ0n) is 13.8. The molecule has 1 aromatic rings. The number of esters is 1. The number of benzene rings is 1. The number of carbonyl (C=O) groups is 2. The van der Waals surface area contributed by atoms with Gasteiger partial charge in [0, 0.05) is 15.6 Å². The number of aliphatic carboxylic acids is 1. The maximum absolute atomic E-state index is 12.1. The fraction of sp³-hybridized carbons (Fsp3) is 0.353. The van der Waals surface area contributed by atoms with Crippen molar-refractivity contribution >= 4 is 39.3 Å². The number of nitrogens with zero attached hydrogens (tertiary/aromatic N) is 2. The molecule has 0 unspecified atom stereocenters. The van der Waals surface area contributed by atoms with E-state index in [0.29, 0.717) is 17.0 Å². The summed E-state index contributed by atoms with van der Waals surface area (Å²) in [5.74, 6) is -1.45. The monoisotopic (exact) mass is 394 g/mol. The predicted octanol–water partition coefficient (Wildman–Crippen LogP) is 3.26. The summed E-state index contributed by atoms with van der Waals surface area (Å²) in [5.41, 5.74) is 1.72. The van der Waals surface area contributed by atoms with Crippen LogP contribution in [0, 0.1) is 0 Å². The molecule has 1 aliphatic rings. The highest BCUT2D eigenvalue weighted by Crippen LogP contribution is 2.30. The second-order valence-corrected chi connectivity index (χ2v) is 7.31. The molecule has 1 aliphatic heterocycles. The van der Waals surface area contributed by atoms with Crippen LogP contribution in [0.3, 0.4) is 0 Å². The fourth-order valence-corrected chi connectivity index (χ4v) is 2.67. The van der Waals surface area contributed by atoms with Crippen LogP contribution in [0.15, 0.2) is 34.4 Å². The normalized spacial score (nSPS) is 14.1. The topological polar surface area (TPSA) is 79.2 Å². The van der Waals surface area contributed by atoms with Crippen LogP contribution in [0.4, 0.5) is 0 Å². The number of fused-ring (bicyclic) bond motifs is 1. The number of carboxylic acids is 1. The average Bonchev–Trinajstić information content (AvgIpc) is 2.41. The molecule has 1 N–H and O–H groups in total. The van der Waals surface area contributed by atoms with E-state index in [1.54, 1.807) is 26.8 Å². The van der Waals surface area contributed by atoms with Gasteiger partial charge in [-0.15, -0.1) is 0 Å². The van der Waals surface area contributed by atoms with Crippen LogP contribution in [0.5, 0.6) is 0 Å². The number of carbonyl (C=O) groups excluding carboxylic acids is 1.